The number of halogens is 3. The lowest BCUT2D eigenvalue weighted by Gasteiger charge is -2.28. The van der Waals surface area contributed by atoms with Gasteiger partial charge in [-0.25, -0.2) is 0 Å². The van der Waals surface area contributed by atoms with Crippen LogP contribution in [0.2, 0.25) is 0 Å². The van der Waals surface area contributed by atoms with Gasteiger partial charge in [0.05, 0.1) is 12.2 Å². The summed E-state index contributed by atoms with van der Waals surface area (Å²) in [5.41, 5.74) is -0.654. The quantitative estimate of drug-likeness (QED) is 0.735. The molecule has 17 heavy (non-hydrogen) atoms. The van der Waals surface area contributed by atoms with E-state index in [9.17, 15) is 18.3 Å². The molecule has 0 atom stereocenters. The van der Waals surface area contributed by atoms with Crippen molar-refractivity contribution in [2.24, 2.45) is 0 Å². The largest absolute Gasteiger partial charge is 0.411 e. The topological polar surface area (TPSA) is 32.7 Å². The molecule has 0 amide bonds. The molecule has 0 spiro atoms. The van der Waals surface area contributed by atoms with Crippen LogP contribution >= 0.6 is 0 Å². The Kier molecular flexibility index (Phi) is 5.22. The SMILES string of the molecule is CN(CCOCC(F)(F)F)CC1(O)CCCC1. The average molecular weight is 255 g/mol. The standard InChI is InChI=1S/C11H20F3NO2/c1-15(6-7-17-9-11(12,13)14)8-10(16)4-2-3-5-10/h16H,2-9H2,1H3. The van der Waals surface area contributed by atoms with Gasteiger partial charge in [-0.2, -0.15) is 13.2 Å². The van der Waals surface area contributed by atoms with Crippen LogP contribution in [0.25, 0.3) is 0 Å². The van der Waals surface area contributed by atoms with Gasteiger partial charge < -0.3 is 14.7 Å². The maximum Gasteiger partial charge on any atom is 0.411 e. The highest BCUT2D eigenvalue weighted by Gasteiger charge is 2.32. The molecule has 3 nitrogen and oxygen atoms in total. The third-order valence-corrected chi connectivity index (χ3v) is 2.98. The Bertz CT molecular complexity index is 227. The molecule has 0 aliphatic heterocycles. The lowest BCUT2D eigenvalue weighted by molar-refractivity contribution is -0.174. The minimum absolute atomic E-state index is 0.0338. The minimum Gasteiger partial charge on any atom is -0.389 e. The van der Waals surface area contributed by atoms with Gasteiger partial charge in [-0.3, -0.25) is 0 Å². The lowest BCUT2D eigenvalue weighted by Crippen LogP contribution is -2.40. The molecule has 1 saturated carbocycles. The van der Waals surface area contributed by atoms with Crippen molar-refractivity contribution in [3.05, 3.63) is 0 Å². The fourth-order valence-electron chi connectivity index (χ4n) is 2.18. The van der Waals surface area contributed by atoms with E-state index < -0.39 is 18.4 Å². The van der Waals surface area contributed by atoms with Crippen LogP contribution in [-0.2, 0) is 4.74 Å². The van der Waals surface area contributed by atoms with Crippen LogP contribution in [0.1, 0.15) is 25.7 Å². The van der Waals surface area contributed by atoms with Crippen molar-refractivity contribution in [2.45, 2.75) is 37.5 Å². The monoisotopic (exact) mass is 255 g/mol. The maximum atomic E-state index is 11.8. The summed E-state index contributed by atoms with van der Waals surface area (Å²) in [4.78, 5) is 1.82. The van der Waals surface area contributed by atoms with Gasteiger partial charge in [0.2, 0.25) is 0 Å². The van der Waals surface area contributed by atoms with Crippen LogP contribution < -0.4 is 0 Å². The zero-order valence-corrected chi connectivity index (χ0v) is 10.1. The number of hydrogen-bond acceptors (Lipinski definition) is 3. The Morgan fingerprint density at radius 2 is 1.88 bits per heavy atom. The summed E-state index contributed by atoms with van der Waals surface area (Å²) in [7, 11) is 1.78. The lowest BCUT2D eigenvalue weighted by atomic mass is 10.0. The zero-order chi connectivity index (χ0) is 12.9. The van der Waals surface area contributed by atoms with E-state index in [4.69, 9.17) is 0 Å². The molecule has 0 aromatic carbocycles. The van der Waals surface area contributed by atoms with Gasteiger partial charge >= 0.3 is 6.18 Å². The molecule has 0 radical (unpaired) electrons. The molecule has 6 heteroatoms. The first-order valence-corrected chi connectivity index (χ1v) is 5.86. The molecule has 1 rings (SSSR count). The molecule has 0 bridgehead atoms. The molecular weight excluding hydrogens is 235 g/mol. The van der Waals surface area contributed by atoms with E-state index in [2.05, 4.69) is 4.74 Å². The van der Waals surface area contributed by atoms with E-state index in [-0.39, 0.29) is 6.61 Å². The number of hydrogen-bond donors (Lipinski definition) is 1. The van der Waals surface area contributed by atoms with Gasteiger partial charge in [0.15, 0.2) is 0 Å². The molecular formula is C11H20F3NO2. The number of ether oxygens (including phenoxy) is 1. The third kappa shape index (κ3) is 6.24. The molecule has 0 aromatic heterocycles. The van der Waals surface area contributed by atoms with E-state index in [1.165, 1.54) is 0 Å². The summed E-state index contributed by atoms with van der Waals surface area (Å²) in [6, 6.07) is 0. The molecule has 0 saturated heterocycles. The van der Waals surface area contributed by atoms with Crippen molar-refractivity contribution >= 4 is 0 Å². The molecule has 1 aliphatic carbocycles. The van der Waals surface area contributed by atoms with Gasteiger partial charge in [-0.15, -0.1) is 0 Å². The Balaban J connectivity index is 2.11. The van der Waals surface area contributed by atoms with Gasteiger partial charge in [0.1, 0.15) is 6.61 Å². The number of nitrogens with zero attached hydrogens (tertiary/aromatic N) is 1. The van der Waals surface area contributed by atoms with Crippen LogP contribution in [0.5, 0.6) is 0 Å². The van der Waals surface area contributed by atoms with E-state index in [1.54, 1.807) is 7.05 Å². The van der Waals surface area contributed by atoms with E-state index in [1.807, 2.05) is 4.90 Å². The summed E-state index contributed by atoms with van der Waals surface area (Å²) < 4.78 is 39.9. The van der Waals surface area contributed by atoms with E-state index in [0.29, 0.717) is 13.1 Å². The molecule has 102 valence electrons. The van der Waals surface area contributed by atoms with Crippen molar-refractivity contribution in [2.75, 3.05) is 33.4 Å². The second kappa shape index (κ2) is 6.02. The first-order chi connectivity index (χ1) is 7.81. The predicted molar refractivity (Wildman–Crippen MR) is 57.8 cm³/mol. The number of rotatable bonds is 6. The third-order valence-electron chi connectivity index (χ3n) is 2.98. The second-order valence-corrected chi connectivity index (χ2v) is 4.84. The number of likely N-dealkylation sites (N-methyl/N-ethyl adjacent to an activating group) is 1. The smallest absolute Gasteiger partial charge is 0.389 e. The summed E-state index contributed by atoms with van der Waals surface area (Å²) in [6.45, 7) is -0.266. The van der Waals surface area contributed by atoms with Gasteiger partial charge in [0.25, 0.3) is 0 Å². The van der Waals surface area contributed by atoms with E-state index >= 15 is 0 Å². The molecule has 1 N–H and O–H groups in total. The Labute approximate surface area is 99.5 Å². The Morgan fingerprint density at radius 1 is 1.29 bits per heavy atom. The second-order valence-electron chi connectivity index (χ2n) is 4.84. The summed E-state index contributed by atoms with van der Waals surface area (Å²) in [5, 5.41) is 10.1. The first-order valence-electron chi connectivity index (χ1n) is 5.86. The van der Waals surface area contributed by atoms with Crippen LogP contribution in [0, 0.1) is 0 Å². The molecule has 0 unspecified atom stereocenters. The van der Waals surface area contributed by atoms with Crippen LogP contribution in [0.15, 0.2) is 0 Å². The highest BCUT2D eigenvalue weighted by atomic mass is 19.4. The first kappa shape index (κ1) is 14.7. The Morgan fingerprint density at radius 3 is 2.41 bits per heavy atom. The Hall–Kier alpha value is -0.330. The summed E-state index contributed by atoms with van der Waals surface area (Å²) in [5.74, 6) is 0. The van der Waals surface area contributed by atoms with Gasteiger partial charge in [-0.1, -0.05) is 12.8 Å². The average Bonchev–Trinajstić information content (AvgIpc) is 2.58. The van der Waals surface area contributed by atoms with Crippen molar-refractivity contribution in [3.8, 4) is 0 Å². The maximum absolute atomic E-state index is 11.8. The van der Waals surface area contributed by atoms with Gasteiger partial charge in [0, 0.05) is 13.1 Å². The highest BCUT2D eigenvalue weighted by Crippen LogP contribution is 2.29. The fourth-order valence-corrected chi connectivity index (χ4v) is 2.18. The van der Waals surface area contributed by atoms with Crippen molar-refractivity contribution in [1.29, 1.82) is 0 Å². The summed E-state index contributed by atoms with van der Waals surface area (Å²) >= 11 is 0. The minimum atomic E-state index is -4.26. The molecule has 0 aromatic rings. The zero-order valence-electron chi connectivity index (χ0n) is 10.1. The van der Waals surface area contributed by atoms with Crippen molar-refractivity contribution < 1.29 is 23.0 Å². The number of aliphatic hydroxyl groups is 1. The summed E-state index contributed by atoms with van der Waals surface area (Å²) in [6.07, 6.45) is -0.659. The normalized spacial score (nSPS) is 20.1. The molecule has 1 aliphatic rings. The fraction of sp³-hybridized carbons (Fsp3) is 1.00. The molecule has 1 fully saturated rings. The molecule has 0 heterocycles. The van der Waals surface area contributed by atoms with Crippen LogP contribution in [0.3, 0.4) is 0 Å². The van der Waals surface area contributed by atoms with Gasteiger partial charge in [-0.05, 0) is 19.9 Å². The van der Waals surface area contributed by atoms with Crippen LogP contribution in [-0.4, -0.2) is 55.1 Å². The van der Waals surface area contributed by atoms with Crippen LogP contribution in [0.4, 0.5) is 13.2 Å². The predicted octanol–water partition coefficient (Wildman–Crippen LogP) is 1.80. The van der Waals surface area contributed by atoms with Crippen molar-refractivity contribution in [1.82, 2.24) is 4.90 Å². The van der Waals surface area contributed by atoms with E-state index in [0.717, 1.165) is 25.7 Å². The highest BCUT2D eigenvalue weighted by molar-refractivity contribution is 4.86. The van der Waals surface area contributed by atoms with Crippen molar-refractivity contribution in [3.63, 3.8) is 0 Å². The number of alkyl halides is 3.